The summed E-state index contributed by atoms with van der Waals surface area (Å²) in [6.07, 6.45) is 0.274. The van der Waals surface area contributed by atoms with Crippen LogP contribution in [0.2, 0.25) is 10.6 Å². The highest BCUT2D eigenvalue weighted by atomic mass is 35.5. The Kier molecular flexibility index (Phi) is 3.47. The smallest absolute Gasteiger partial charge is 0.231 e. The molecule has 0 aliphatic carbocycles. The minimum Gasteiger partial charge on any atom is -0.372 e. The van der Waals surface area contributed by atoms with Crippen molar-refractivity contribution in [3.05, 3.63) is 10.6 Å². The van der Waals surface area contributed by atoms with Gasteiger partial charge in [0.05, 0.1) is 12.2 Å². The molecule has 0 bridgehead atoms. The Bertz CT molecular complexity index is 360. The second-order valence-electron chi connectivity index (χ2n) is 3.84. The molecule has 0 unspecified atom stereocenters. The second-order valence-corrected chi connectivity index (χ2v) is 4.51. The lowest BCUT2D eigenvalue weighted by molar-refractivity contribution is -0.00573. The van der Waals surface area contributed by atoms with Crippen molar-refractivity contribution in [2.24, 2.45) is 0 Å². The van der Waals surface area contributed by atoms with Crippen LogP contribution in [0.5, 0.6) is 0 Å². The number of halogens is 2. The lowest BCUT2D eigenvalue weighted by atomic mass is 10.2. The summed E-state index contributed by atoms with van der Waals surface area (Å²) in [5.74, 6) is 0.506. The fourth-order valence-corrected chi connectivity index (χ4v) is 2.15. The summed E-state index contributed by atoms with van der Waals surface area (Å²) < 4.78 is 5.62. The first-order chi connectivity index (χ1) is 7.54. The molecule has 0 radical (unpaired) electrons. The zero-order chi connectivity index (χ0) is 11.7. The lowest BCUT2D eigenvalue weighted by Gasteiger charge is -2.35. The fourth-order valence-electron chi connectivity index (χ4n) is 1.80. The van der Waals surface area contributed by atoms with Crippen LogP contribution in [-0.2, 0) is 4.74 Å². The molecule has 0 spiro atoms. The van der Waals surface area contributed by atoms with Crippen molar-refractivity contribution in [2.45, 2.75) is 26.1 Å². The number of nitrogens with zero attached hydrogens (tertiary/aromatic N) is 4. The third-order valence-electron chi connectivity index (χ3n) is 2.27. The van der Waals surface area contributed by atoms with E-state index in [1.165, 1.54) is 0 Å². The van der Waals surface area contributed by atoms with Gasteiger partial charge >= 0.3 is 0 Å². The van der Waals surface area contributed by atoms with Gasteiger partial charge in [0.25, 0.3) is 0 Å². The van der Waals surface area contributed by atoms with Crippen LogP contribution in [-0.4, -0.2) is 40.2 Å². The maximum Gasteiger partial charge on any atom is 0.231 e. The van der Waals surface area contributed by atoms with Crippen LogP contribution < -0.4 is 4.90 Å². The number of hydrogen-bond acceptors (Lipinski definition) is 5. The van der Waals surface area contributed by atoms with Gasteiger partial charge in [-0.25, -0.2) is 0 Å². The number of aromatic nitrogens is 3. The van der Waals surface area contributed by atoms with Crippen LogP contribution in [0.1, 0.15) is 13.8 Å². The average molecular weight is 263 g/mol. The molecule has 1 aliphatic heterocycles. The summed E-state index contributed by atoms with van der Waals surface area (Å²) in [7, 11) is 0. The van der Waals surface area contributed by atoms with Crippen molar-refractivity contribution in [1.29, 1.82) is 0 Å². The van der Waals surface area contributed by atoms with Gasteiger partial charge in [-0.15, -0.1) is 0 Å². The number of morpholine rings is 1. The molecule has 1 fully saturated rings. The van der Waals surface area contributed by atoms with E-state index in [4.69, 9.17) is 27.9 Å². The van der Waals surface area contributed by atoms with Crippen LogP contribution >= 0.6 is 23.2 Å². The van der Waals surface area contributed by atoms with Crippen molar-refractivity contribution in [2.75, 3.05) is 18.0 Å². The van der Waals surface area contributed by atoms with Gasteiger partial charge in [-0.1, -0.05) is 0 Å². The second kappa shape index (κ2) is 4.69. The predicted octanol–water partition coefficient (Wildman–Crippen LogP) is 1.79. The Morgan fingerprint density at radius 3 is 2.06 bits per heavy atom. The maximum atomic E-state index is 5.74. The summed E-state index contributed by atoms with van der Waals surface area (Å²) in [6.45, 7) is 5.46. The van der Waals surface area contributed by atoms with E-state index in [2.05, 4.69) is 15.0 Å². The van der Waals surface area contributed by atoms with E-state index >= 15 is 0 Å². The third kappa shape index (κ3) is 2.72. The van der Waals surface area contributed by atoms with Crippen LogP contribution in [0.4, 0.5) is 5.95 Å². The highest BCUT2D eigenvalue weighted by Crippen LogP contribution is 2.18. The van der Waals surface area contributed by atoms with Crippen molar-refractivity contribution < 1.29 is 4.74 Å². The van der Waals surface area contributed by atoms with Crippen LogP contribution in [0.15, 0.2) is 0 Å². The maximum absolute atomic E-state index is 5.74. The highest BCUT2D eigenvalue weighted by Gasteiger charge is 2.24. The monoisotopic (exact) mass is 262 g/mol. The molecule has 1 aromatic rings. The number of anilines is 1. The summed E-state index contributed by atoms with van der Waals surface area (Å²) in [5.41, 5.74) is 0. The SMILES string of the molecule is C[C@@H]1CN(c2nc(Cl)nc(Cl)n2)C[C@H](C)O1. The predicted molar refractivity (Wildman–Crippen MR) is 62.1 cm³/mol. The van der Waals surface area contributed by atoms with E-state index in [-0.39, 0.29) is 22.8 Å². The van der Waals surface area contributed by atoms with Gasteiger partial charge in [0.2, 0.25) is 16.5 Å². The van der Waals surface area contributed by atoms with E-state index in [0.29, 0.717) is 5.95 Å². The third-order valence-corrected chi connectivity index (χ3v) is 2.61. The molecule has 2 heterocycles. The van der Waals surface area contributed by atoms with Gasteiger partial charge in [0.15, 0.2) is 0 Å². The first kappa shape index (κ1) is 11.8. The normalized spacial score (nSPS) is 25.9. The fraction of sp³-hybridized carbons (Fsp3) is 0.667. The largest absolute Gasteiger partial charge is 0.372 e. The molecule has 2 rings (SSSR count). The molecule has 0 N–H and O–H groups in total. The van der Waals surface area contributed by atoms with E-state index in [0.717, 1.165) is 13.1 Å². The molecular weight excluding hydrogens is 251 g/mol. The Hall–Kier alpha value is -0.650. The molecular formula is C9H12Cl2N4O. The molecule has 5 nitrogen and oxygen atoms in total. The molecule has 2 atom stereocenters. The van der Waals surface area contributed by atoms with Gasteiger partial charge in [-0.05, 0) is 37.0 Å². The van der Waals surface area contributed by atoms with Crippen LogP contribution in [0.3, 0.4) is 0 Å². The molecule has 0 saturated carbocycles. The summed E-state index contributed by atoms with van der Waals surface area (Å²) in [5, 5.41) is 0.226. The van der Waals surface area contributed by atoms with Crippen molar-refractivity contribution in [3.8, 4) is 0 Å². The molecule has 0 amide bonds. The molecule has 1 aliphatic rings. The summed E-state index contributed by atoms with van der Waals surface area (Å²) >= 11 is 11.5. The van der Waals surface area contributed by atoms with Gasteiger partial charge in [-0.3, -0.25) is 0 Å². The molecule has 0 aromatic carbocycles. The molecule has 88 valence electrons. The molecule has 16 heavy (non-hydrogen) atoms. The highest BCUT2D eigenvalue weighted by molar-refractivity contribution is 6.31. The number of rotatable bonds is 1. The van der Waals surface area contributed by atoms with E-state index in [1.54, 1.807) is 0 Å². The first-order valence-electron chi connectivity index (χ1n) is 5.02. The van der Waals surface area contributed by atoms with Crippen LogP contribution in [0.25, 0.3) is 0 Å². The molecule has 7 heteroatoms. The minimum atomic E-state index is 0.113. The topological polar surface area (TPSA) is 51.1 Å². The van der Waals surface area contributed by atoms with Gasteiger partial charge in [0.1, 0.15) is 0 Å². The Morgan fingerprint density at radius 1 is 1.06 bits per heavy atom. The summed E-state index contributed by atoms with van der Waals surface area (Å²) in [6, 6.07) is 0. The van der Waals surface area contributed by atoms with E-state index in [9.17, 15) is 0 Å². The van der Waals surface area contributed by atoms with Crippen molar-refractivity contribution in [1.82, 2.24) is 15.0 Å². The zero-order valence-corrected chi connectivity index (χ0v) is 10.5. The van der Waals surface area contributed by atoms with Gasteiger partial charge < -0.3 is 9.64 Å². The quantitative estimate of drug-likeness (QED) is 0.773. The zero-order valence-electron chi connectivity index (χ0n) is 9.02. The Labute approximate surface area is 104 Å². The van der Waals surface area contributed by atoms with Crippen LogP contribution in [0, 0.1) is 0 Å². The average Bonchev–Trinajstić information content (AvgIpc) is 2.14. The van der Waals surface area contributed by atoms with Crippen molar-refractivity contribution in [3.63, 3.8) is 0 Å². The van der Waals surface area contributed by atoms with Crippen molar-refractivity contribution >= 4 is 29.2 Å². The van der Waals surface area contributed by atoms with E-state index < -0.39 is 0 Å². The Balaban J connectivity index is 2.22. The molecule has 1 saturated heterocycles. The Morgan fingerprint density at radius 2 is 1.56 bits per heavy atom. The minimum absolute atomic E-state index is 0.113. The summed E-state index contributed by atoms with van der Waals surface area (Å²) in [4.78, 5) is 13.8. The standard InChI is InChI=1S/C9H12Cl2N4O/c1-5-3-15(4-6(2)16-5)9-13-7(10)12-8(11)14-9/h5-6H,3-4H2,1-2H3/t5-,6+. The lowest BCUT2D eigenvalue weighted by Crippen LogP contribution is -2.46. The number of ether oxygens (including phenoxy) is 1. The van der Waals surface area contributed by atoms with Gasteiger partial charge in [-0.2, -0.15) is 15.0 Å². The van der Waals surface area contributed by atoms with E-state index in [1.807, 2.05) is 18.7 Å². The number of hydrogen-bond donors (Lipinski definition) is 0. The first-order valence-corrected chi connectivity index (χ1v) is 5.77. The van der Waals surface area contributed by atoms with Gasteiger partial charge in [0, 0.05) is 13.1 Å². The molecule has 1 aromatic heterocycles.